The van der Waals surface area contributed by atoms with Crippen LogP contribution in [0.4, 0.5) is 23.7 Å². The van der Waals surface area contributed by atoms with Crippen molar-refractivity contribution in [3.8, 4) is 5.75 Å². The van der Waals surface area contributed by atoms with Crippen LogP contribution in [0.2, 0.25) is 0 Å². The first kappa shape index (κ1) is 21.9. The Hall–Kier alpha value is -3.76. The summed E-state index contributed by atoms with van der Waals surface area (Å²) >= 11 is 0. The molecule has 1 aliphatic heterocycles. The molecule has 3 N–H and O–H groups in total. The molecule has 2 aromatic carbocycles. The molecule has 1 unspecified atom stereocenters. The summed E-state index contributed by atoms with van der Waals surface area (Å²) in [5, 5.41) is 8.64. The first-order valence-corrected chi connectivity index (χ1v) is 9.04. The molecule has 0 radical (unpaired) electrons. The first-order chi connectivity index (χ1) is 14.6. The molecule has 0 spiro atoms. The van der Waals surface area contributed by atoms with Gasteiger partial charge in [0.1, 0.15) is 24.7 Å². The minimum Gasteiger partial charge on any atom is -0.490 e. The van der Waals surface area contributed by atoms with Crippen LogP contribution in [0, 0.1) is 0 Å². The molecule has 1 aliphatic rings. The smallest absolute Gasteiger partial charge is 0.416 e. The van der Waals surface area contributed by atoms with Crippen LogP contribution in [-0.4, -0.2) is 48.8 Å². The number of aliphatic carboxylic acids is 1. The Balaban J connectivity index is 1.60. The van der Waals surface area contributed by atoms with Crippen LogP contribution in [0.3, 0.4) is 0 Å². The maximum atomic E-state index is 12.8. The topological polar surface area (TPSA) is 114 Å². The van der Waals surface area contributed by atoms with Crippen LogP contribution in [0.25, 0.3) is 0 Å². The Morgan fingerprint density at radius 2 is 1.97 bits per heavy atom. The molecule has 31 heavy (non-hydrogen) atoms. The number of hydrogen-bond donors (Lipinski definition) is 2. The Kier molecular flexibility index (Phi) is 6.33. The molecule has 1 heterocycles. The van der Waals surface area contributed by atoms with Crippen molar-refractivity contribution in [2.24, 2.45) is 10.7 Å². The van der Waals surface area contributed by atoms with Crippen molar-refractivity contribution in [1.82, 2.24) is 0 Å². The summed E-state index contributed by atoms with van der Waals surface area (Å²) in [7, 11) is 0. The standard InChI is InChI=1S/C20H18F3N3O5/c21-20(22,23)13-2-1-3-15(8-13)30-11-16-10-26(19(29)31-16)14-6-4-12(5-7-14)18(24)25-9-17(27)28/h1-8,16H,9-11H2,(H2,24,25)(H,27,28). The Labute approximate surface area is 174 Å². The molecule has 164 valence electrons. The van der Waals surface area contributed by atoms with Crippen LogP contribution < -0.4 is 15.4 Å². The minimum absolute atomic E-state index is 0.0183. The number of amidine groups is 1. The zero-order chi connectivity index (χ0) is 22.6. The fourth-order valence-corrected chi connectivity index (χ4v) is 2.83. The summed E-state index contributed by atoms with van der Waals surface area (Å²) < 4.78 is 48.9. The molecule has 1 amide bonds. The van der Waals surface area contributed by atoms with Gasteiger partial charge in [0.25, 0.3) is 0 Å². The third-order valence-electron chi connectivity index (χ3n) is 4.33. The predicted octanol–water partition coefficient (Wildman–Crippen LogP) is 2.90. The van der Waals surface area contributed by atoms with E-state index in [1.807, 2.05) is 0 Å². The van der Waals surface area contributed by atoms with Gasteiger partial charge in [0, 0.05) is 11.3 Å². The highest BCUT2D eigenvalue weighted by atomic mass is 19.4. The van der Waals surface area contributed by atoms with Gasteiger partial charge in [0.15, 0.2) is 6.10 Å². The molecule has 0 aromatic heterocycles. The largest absolute Gasteiger partial charge is 0.490 e. The molecule has 11 heteroatoms. The second-order valence-electron chi connectivity index (χ2n) is 6.60. The second kappa shape index (κ2) is 8.94. The number of halogens is 3. The zero-order valence-electron chi connectivity index (χ0n) is 16.0. The number of nitrogens with zero attached hydrogens (tertiary/aromatic N) is 2. The van der Waals surface area contributed by atoms with Crippen molar-refractivity contribution >= 4 is 23.6 Å². The maximum Gasteiger partial charge on any atom is 0.416 e. The average molecular weight is 437 g/mol. The van der Waals surface area contributed by atoms with Gasteiger partial charge in [-0.2, -0.15) is 13.2 Å². The first-order valence-electron chi connectivity index (χ1n) is 9.04. The normalized spacial score (nSPS) is 16.9. The van der Waals surface area contributed by atoms with E-state index in [1.54, 1.807) is 24.3 Å². The summed E-state index contributed by atoms with van der Waals surface area (Å²) in [4.78, 5) is 27.8. The zero-order valence-corrected chi connectivity index (χ0v) is 16.0. The molecule has 8 nitrogen and oxygen atoms in total. The van der Waals surface area contributed by atoms with E-state index in [0.29, 0.717) is 11.3 Å². The molecular formula is C20H18F3N3O5. The quantitative estimate of drug-likeness (QED) is 0.509. The number of anilines is 1. The molecule has 0 aliphatic carbocycles. The molecule has 3 rings (SSSR count). The third-order valence-corrected chi connectivity index (χ3v) is 4.33. The number of ether oxygens (including phenoxy) is 2. The number of carbonyl (C=O) groups is 2. The summed E-state index contributed by atoms with van der Waals surface area (Å²) in [5.41, 5.74) is 5.88. The lowest BCUT2D eigenvalue weighted by atomic mass is 10.2. The summed E-state index contributed by atoms with van der Waals surface area (Å²) in [6.45, 7) is -0.435. The van der Waals surface area contributed by atoms with Crippen LogP contribution in [0.5, 0.6) is 5.75 Å². The minimum atomic E-state index is -4.48. The van der Waals surface area contributed by atoms with Crippen LogP contribution >= 0.6 is 0 Å². The lowest BCUT2D eigenvalue weighted by Gasteiger charge is -2.14. The number of hydrogen-bond acceptors (Lipinski definition) is 5. The molecule has 1 atom stereocenters. The number of alkyl halides is 3. The Bertz CT molecular complexity index is 992. The Morgan fingerprint density at radius 1 is 1.26 bits per heavy atom. The van der Waals surface area contributed by atoms with E-state index in [4.69, 9.17) is 20.3 Å². The number of carbonyl (C=O) groups excluding carboxylic acids is 1. The fourth-order valence-electron chi connectivity index (χ4n) is 2.83. The number of aliphatic imine (C=N–C) groups is 1. The Morgan fingerprint density at radius 3 is 2.61 bits per heavy atom. The van der Waals surface area contributed by atoms with Gasteiger partial charge in [-0.15, -0.1) is 0 Å². The number of carboxylic acids is 1. The predicted molar refractivity (Wildman–Crippen MR) is 104 cm³/mol. The van der Waals surface area contributed by atoms with Gasteiger partial charge < -0.3 is 20.3 Å². The number of carboxylic acid groups (broad SMARTS) is 1. The number of benzene rings is 2. The van der Waals surface area contributed by atoms with Gasteiger partial charge in [0.2, 0.25) is 0 Å². The van der Waals surface area contributed by atoms with E-state index < -0.39 is 36.5 Å². The van der Waals surface area contributed by atoms with Crippen LogP contribution in [0.15, 0.2) is 53.5 Å². The van der Waals surface area contributed by atoms with Crippen LogP contribution in [-0.2, 0) is 15.7 Å². The summed E-state index contributed by atoms with van der Waals surface area (Å²) in [5.74, 6) is -1.05. The molecule has 1 fully saturated rings. The summed E-state index contributed by atoms with van der Waals surface area (Å²) in [6, 6.07) is 10.8. The van der Waals surface area contributed by atoms with Crippen molar-refractivity contribution in [3.05, 3.63) is 59.7 Å². The van der Waals surface area contributed by atoms with Crippen molar-refractivity contribution in [1.29, 1.82) is 0 Å². The summed E-state index contributed by atoms with van der Waals surface area (Å²) in [6.07, 6.45) is -5.79. The van der Waals surface area contributed by atoms with E-state index in [0.717, 1.165) is 12.1 Å². The van der Waals surface area contributed by atoms with Gasteiger partial charge in [-0.1, -0.05) is 6.07 Å². The van der Waals surface area contributed by atoms with Gasteiger partial charge >= 0.3 is 18.2 Å². The number of amides is 1. The third kappa shape index (κ3) is 5.65. The van der Waals surface area contributed by atoms with Crippen molar-refractivity contribution < 1.29 is 37.3 Å². The molecule has 0 saturated carbocycles. The fraction of sp³-hybridized carbons (Fsp3) is 0.250. The van der Waals surface area contributed by atoms with E-state index in [-0.39, 0.29) is 24.7 Å². The van der Waals surface area contributed by atoms with Gasteiger partial charge in [0.05, 0.1) is 12.1 Å². The van der Waals surface area contributed by atoms with Crippen molar-refractivity contribution in [2.45, 2.75) is 12.3 Å². The monoisotopic (exact) mass is 437 g/mol. The highest BCUT2D eigenvalue weighted by molar-refractivity contribution is 5.99. The lowest BCUT2D eigenvalue weighted by Crippen LogP contribution is -2.26. The van der Waals surface area contributed by atoms with Crippen LogP contribution in [0.1, 0.15) is 11.1 Å². The van der Waals surface area contributed by atoms with E-state index in [2.05, 4.69) is 4.99 Å². The second-order valence-corrected chi connectivity index (χ2v) is 6.60. The molecule has 1 saturated heterocycles. The van der Waals surface area contributed by atoms with Crippen molar-refractivity contribution in [2.75, 3.05) is 24.6 Å². The van der Waals surface area contributed by atoms with E-state index in [1.165, 1.54) is 17.0 Å². The molecule has 2 aromatic rings. The van der Waals surface area contributed by atoms with Crippen molar-refractivity contribution in [3.63, 3.8) is 0 Å². The van der Waals surface area contributed by atoms with Gasteiger partial charge in [-0.3, -0.25) is 14.7 Å². The van der Waals surface area contributed by atoms with E-state index in [9.17, 15) is 22.8 Å². The number of cyclic esters (lactones) is 1. The SMILES string of the molecule is NC(=NCC(=O)O)c1ccc(N2CC(COc3cccc(C(F)(F)F)c3)OC2=O)cc1. The maximum absolute atomic E-state index is 12.8. The average Bonchev–Trinajstić information content (AvgIpc) is 3.10. The molecule has 0 bridgehead atoms. The lowest BCUT2D eigenvalue weighted by molar-refractivity contribution is -0.138. The molecular weight excluding hydrogens is 419 g/mol. The highest BCUT2D eigenvalue weighted by Gasteiger charge is 2.33. The number of rotatable bonds is 7. The number of nitrogens with two attached hydrogens (primary N) is 1. The highest BCUT2D eigenvalue weighted by Crippen LogP contribution is 2.31. The van der Waals surface area contributed by atoms with Gasteiger partial charge in [-0.25, -0.2) is 4.79 Å². The van der Waals surface area contributed by atoms with Gasteiger partial charge in [-0.05, 0) is 42.5 Å². The van der Waals surface area contributed by atoms with E-state index >= 15 is 0 Å².